The summed E-state index contributed by atoms with van der Waals surface area (Å²) in [5.41, 5.74) is 2.56. The Labute approximate surface area is 154 Å². The Morgan fingerprint density at radius 3 is 2.50 bits per heavy atom. The summed E-state index contributed by atoms with van der Waals surface area (Å²) in [7, 11) is -2.35. The van der Waals surface area contributed by atoms with Gasteiger partial charge in [0.1, 0.15) is 5.82 Å². The van der Waals surface area contributed by atoms with Crippen molar-refractivity contribution in [1.29, 1.82) is 0 Å². The van der Waals surface area contributed by atoms with Crippen molar-refractivity contribution in [3.63, 3.8) is 0 Å². The molecule has 3 rings (SSSR count). The van der Waals surface area contributed by atoms with E-state index in [4.69, 9.17) is 0 Å². The lowest BCUT2D eigenvalue weighted by Gasteiger charge is -2.30. The number of hydrogen-bond donors (Lipinski definition) is 2. The summed E-state index contributed by atoms with van der Waals surface area (Å²) in [5, 5.41) is 3.09. The van der Waals surface area contributed by atoms with E-state index in [-0.39, 0.29) is 10.6 Å². The van der Waals surface area contributed by atoms with E-state index >= 15 is 0 Å². The molecule has 5 nitrogen and oxygen atoms in total. The quantitative estimate of drug-likeness (QED) is 0.811. The molecule has 140 valence electrons. The molecule has 0 amide bonds. The van der Waals surface area contributed by atoms with Gasteiger partial charge in [0, 0.05) is 25.3 Å². The van der Waals surface area contributed by atoms with Gasteiger partial charge in [0.15, 0.2) is 0 Å². The second-order valence-corrected chi connectivity index (χ2v) is 8.27. The minimum absolute atomic E-state index is 0.0863. The molecule has 1 aliphatic heterocycles. The van der Waals surface area contributed by atoms with Crippen LogP contribution >= 0.6 is 0 Å². The molecule has 2 N–H and O–H groups in total. The van der Waals surface area contributed by atoms with Crippen molar-refractivity contribution in [3.8, 4) is 0 Å². The van der Waals surface area contributed by atoms with Gasteiger partial charge < -0.3 is 10.2 Å². The lowest BCUT2D eigenvalue weighted by atomic mass is 10.1. The van der Waals surface area contributed by atoms with E-state index in [9.17, 15) is 12.8 Å². The molecule has 1 heterocycles. The number of hydrogen-bond acceptors (Lipinski definition) is 4. The van der Waals surface area contributed by atoms with Crippen molar-refractivity contribution < 1.29 is 12.8 Å². The zero-order valence-electron chi connectivity index (χ0n) is 14.8. The van der Waals surface area contributed by atoms with E-state index < -0.39 is 15.8 Å². The van der Waals surface area contributed by atoms with Crippen LogP contribution in [0.1, 0.15) is 24.8 Å². The maximum Gasteiger partial charge on any atom is 0.240 e. The van der Waals surface area contributed by atoms with Crippen molar-refractivity contribution in [2.75, 3.05) is 30.4 Å². The summed E-state index contributed by atoms with van der Waals surface area (Å²) < 4.78 is 40.0. The Morgan fingerprint density at radius 2 is 1.81 bits per heavy atom. The zero-order chi connectivity index (χ0) is 18.6. The SMILES string of the molecule is CNS(=O)(=O)c1ccc(NCc2ccccc2N2CCCCC2)c(F)c1. The fourth-order valence-electron chi connectivity index (χ4n) is 3.22. The number of sulfonamides is 1. The van der Waals surface area contributed by atoms with Crippen molar-refractivity contribution in [2.24, 2.45) is 0 Å². The molecule has 0 atom stereocenters. The van der Waals surface area contributed by atoms with Crippen molar-refractivity contribution >= 4 is 21.4 Å². The molecule has 2 aromatic rings. The molecule has 1 aliphatic rings. The molecule has 0 unspecified atom stereocenters. The first-order chi connectivity index (χ1) is 12.5. The van der Waals surface area contributed by atoms with Crippen LogP contribution in [0, 0.1) is 5.82 Å². The van der Waals surface area contributed by atoms with Crippen LogP contribution in [0.4, 0.5) is 15.8 Å². The van der Waals surface area contributed by atoms with Crippen molar-refractivity contribution in [3.05, 3.63) is 53.8 Å². The highest BCUT2D eigenvalue weighted by Gasteiger charge is 2.16. The van der Waals surface area contributed by atoms with Crippen LogP contribution in [-0.2, 0) is 16.6 Å². The molecule has 1 saturated heterocycles. The van der Waals surface area contributed by atoms with Gasteiger partial charge in [0.2, 0.25) is 10.0 Å². The van der Waals surface area contributed by atoms with Gasteiger partial charge in [-0.2, -0.15) is 0 Å². The first-order valence-corrected chi connectivity index (χ1v) is 10.3. The standard InChI is InChI=1S/C19H24FN3O2S/c1-21-26(24,25)16-9-10-18(17(20)13-16)22-14-15-7-3-4-8-19(15)23-11-5-2-6-12-23/h3-4,7-10,13,21-22H,2,5-6,11-12,14H2,1H3. The number of anilines is 2. The van der Waals surface area contributed by atoms with E-state index in [0.717, 1.165) is 24.7 Å². The van der Waals surface area contributed by atoms with E-state index in [1.807, 2.05) is 18.2 Å². The van der Waals surface area contributed by atoms with Gasteiger partial charge in [0.05, 0.1) is 10.6 Å². The van der Waals surface area contributed by atoms with E-state index in [0.29, 0.717) is 6.54 Å². The zero-order valence-corrected chi connectivity index (χ0v) is 15.7. The Bertz CT molecular complexity index is 865. The van der Waals surface area contributed by atoms with Crippen LogP contribution in [0.5, 0.6) is 0 Å². The lowest BCUT2D eigenvalue weighted by Crippen LogP contribution is -2.30. The Balaban J connectivity index is 1.75. The minimum Gasteiger partial charge on any atom is -0.379 e. The maximum atomic E-state index is 14.3. The maximum absolute atomic E-state index is 14.3. The van der Waals surface area contributed by atoms with Gasteiger partial charge in [-0.05, 0) is 56.1 Å². The fourth-order valence-corrected chi connectivity index (χ4v) is 3.96. The Hall–Kier alpha value is -2.12. The van der Waals surface area contributed by atoms with E-state index in [1.165, 1.54) is 44.1 Å². The highest BCUT2D eigenvalue weighted by Crippen LogP contribution is 2.26. The minimum atomic E-state index is -3.65. The first-order valence-electron chi connectivity index (χ1n) is 8.81. The monoisotopic (exact) mass is 377 g/mol. The van der Waals surface area contributed by atoms with Crippen LogP contribution < -0.4 is 14.9 Å². The van der Waals surface area contributed by atoms with Gasteiger partial charge >= 0.3 is 0 Å². The van der Waals surface area contributed by atoms with Gasteiger partial charge in [-0.3, -0.25) is 0 Å². The highest BCUT2D eigenvalue weighted by atomic mass is 32.2. The average molecular weight is 377 g/mol. The molecule has 26 heavy (non-hydrogen) atoms. The molecular formula is C19H24FN3O2S. The number of piperidine rings is 1. The van der Waals surface area contributed by atoms with Gasteiger partial charge in [-0.25, -0.2) is 17.5 Å². The average Bonchev–Trinajstić information content (AvgIpc) is 2.68. The fraction of sp³-hybridized carbons (Fsp3) is 0.368. The number of halogens is 1. The Kier molecular flexibility index (Phi) is 5.78. The summed E-state index contributed by atoms with van der Waals surface area (Å²) >= 11 is 0. The molecule has 0 aromatic heterocycles. The summed E-state index contributed by atoms with van der Waals surface area (Å²) in [6, 6.07) is 12.0. The Morgan fingerprint density at radius 1 is 1.08 bits per heavy atom. The van der Waals surface area contributed by atoms with Crippen LogP contribution in [0.3, 0.4) is 0 Å². The molecule has 0 aliphatic carbocycles. The number of benzene rings is 2. The number of nitrogens with zero attached hydrogens (tertiary/aromatic N) is 1. The normalized spacial score (nSPS) is 15.1. The number of para-hydroxylation sites is 1. The van der Waals surface area contributed by atoms with E-state index in [1.54, 1.807) is 0 Å². The summed E-state index contributed by atoms with van der Waals surface area (Å²) in [4.78, 5) is 2.29. The van der Waals surface area contributed by atoms with E-state index in [2.05, 4.69) is 21.0 Å². The largest absolute Gasteiger partial charge is 0.379 e. The molecule has 0 bridgehead atoms. The van der Waals surface area contributed by atoms with Crippen molar-refractivity contribution in [2.45, 2.75) is 30.7 Å². The summed E-state index contributed by atoms with van der Waals surface area (Å²) in [6.45, 7) is 2.56. The lowest BCUT2D eigenvalue weighted by molar-refractivity contribution is 0.576. The van der Waals surface area contributed by atoms with Crippen LogP contribution in [0.2, 0.25) is 0 Å². The molecular weight excluding hydrogens is 353 g/mol. The second kappa shape index (κ2) is 8.05. The third kappa shape index (κ3) is 4.16. The number of rotatable bonds is 6. The third-order valence-corrected chi connectivity index (χ3v) is 6.09. The summed E-state index contributed by atoms with van der Waals surface area (Å²) in [5.74, 6) is -0.586. The highest BCUT2D eigenvalue weighted by molar-refractivity contribution is 7.89. The van der Waals surface area contributed by atoms with Crippen LogP contribution in [-0.4, -0.2) is 28.6 Å². The molecule has 1 fully saturated rings. The molecule has 0 spiro atoms. The molecule has 0 saturated carbocycles. The van der Waals surface area contributed by atoms with Gasteiger partial charge in [-0.1, -0.05) is 18.2 Å². The van der Waals surface area contributed by atoms with Crippen LogP contribution in [0.15, 0.2) is 47.4 Å². The molecule has 0 radical (unpaired) electrons. The van der Waals surface area contributed by atoms with Crippen LogP contribution in [0.25, 0.3) is 0 Å². The molecule has 7 heteroatoms. The summed E-state index contributed by atoms with van der Waals surface area (Å²) in [6.07, 6.45) is 3.65. The predicted octanol–water partition coefficient (Wildman–Crippen LogP) is 3.34. The second-order valence-electron chi connectivity index (χ2n) is 6.38. The number of nitrogens with one attached hydrogen (secondary N) is 2. The third-order valence-electron chi connectivity index (χ3n) is 4.68. The topological polar surface area (TPSA) is 61.4 Å². The van der Waals surface area contributed by atoms with Gasteiger partial charge in [-0.15, -0.1) is 0 Å². The molecule has 2 aromatic carbocycles. The first kappa shape index (κ1) is 18.7. The smallest absolute Gasteiger partial charge is 0.240 e. The van der Waals surface area contributed by atoms with Crippen molar-refractivity contribution in [1.82, 2.24) is 4.72 Å². The van der Waals surface area contributed by atoms with Gasteiger partial charge in [0.25, 0.3) is 0 Å². The predicted molar refractivity (Wildman–Crippen MR) is 102 cm³/mol.